The summed E-state index contributed by atoms with van der Waals surface area (Å²) in [5, 5.41) is 0.0307. The van der Waals surface area contributed by atoms with Crippen LogP contribution in [0.15, 0.2) is 22.3 Å². The van der Waals surface area contributed by atoms with Gasteiger partial charge < -0.3 is 18.9 Å². The molecule has 0 fully saturated rings. The molecule has 9 heteroatoms. The second-order valence-corrected chi connectivity index (χ2v) is 6.85. The zero-order valence-electron chi connectivity index (χ0n) is 14.8. The standard InChI is InChI=1S/C17H19ClO8/c1-16(7-11(19)23-3)6-9(14(21)25-16)5-10-13(18)17(2,26-15(10)22)8-12(20)24-4/h6H,5,7-8H2,1-4H3. The summed E-state index contributed by atoms with van der Waals surface area (Å²) in [6.07, 6.45) is 0.924. The highest BCUT2D eigenvalue weighted by Gasteiger charge is 2.47. The Morgan fingerprint density at radius 1 is 1.04 bits per heavy atom. The third-order valence-corrected chi connectivity index (χ3v) is 4.79. The molecule has 26 heavy (non-hydrogen) atoms. The number of ether oxygens (including phenoxy) is 4. The first-order chi connectivity index (χ1) is 12.0. The third kappa shape index (κ3) is 3.90. The lowest BCUT2D eigenvalue weighted by atomic mass is 9.96. The Labute approximate surface area is 155 Å². The molecular formula is C17H19ClO8. The second-order valence-electron chi connectivity index (χ2n) is 6.47. The number of hydrogen-bond acceptors (Lipinski definition) is 8. The van der Waals surface area contributed by atoms with Gasteiger partial charge in [-0.25, -0.2) is 9.59 Å². The van der Waals surface area contributed by atoms with Gasteiger partial charge in [-0.2, -0.15) is 0 Å². The Morgan fingerprint density at radius 3 is 2.19 bits per heavy atom. The minimum absolute atomic E-state index is 0.0307. The minimum atomic E-state index is -1.35. The minimum Gasteiger partial charge on any atom is -0.469 e. The monoisotopic (exact) mass is 386 g/mol. The van der Waals surface area contributed by atoms with Gasteiger partial charge in [-0.15, -0.1) is 0 Å². The molecule has 0 saturated heterocycles. The summed E-state index contributed by atoms with van der Waals surface area (Å²) in [4.78, 5) is 47.3. The average Bonchev–Trinajstić information content (AvgIpc) is 2.94. The summed E-state index contributed by atoms with van der Waals surface area (Å²) in [6.45, 7) is 3.04. The molecule has 2 unspecified atom stereocenters. The number of carbonyl (C=O) groups excluding carboxylic acids is 4. The Balaban J connectivity index is 2.24. The molecule has 2 aliphatic rings. The number of cyclic esters (lactones) is 2. The van der Waals surface area contributed by atoms with Crippen LogP contribution in [-0.4, -0.2) is 49.3 Å². The number of esters is 4. The predicted molar refractivity (Wildman–Crippen MR) is 87.8 cm³/mol. The molecular weight excluding hydrogens is 368 g/mol. The molecule has 0 spiro atoms. The van der Waals surface area contributed by atoms with Crippen molar-refractivity contribution >= 4 is 35.5 Å². The van der Waals surface area contributed by atoms with Gasteiger partial charge in [-0.05, 0) is 19.9 Å². The molecule has 142 valence electrons. The van der Waals surface area contributed by atoms with Crippen molar-refractivity contribution in [1.82, 2.24) is 0 Å². The lowest BCUT2D eigenvalue weighted by Gasteiger charge is -2.21. The molecule has 2 atom stereocenters. The largest absolute Gasteiger partial charge is 0.469 e. The van der Waals surface area contributed by atoms with Crippen LogP contribution in [0, 0.1) is 0 Å². The number of halogens is 1. The number of hydrogen-bond donors (Lipinski definition) is 0. The van der Waals surface area contributed by atoms with Gasteiger partial charge in [-0.1, -0.05) is 11.6 Å². The van der Waals surface area contributed by atoms with E-state index in [9.17, 15) is 19.2 Å². The Bertz CT molecular complexity index is 737. The van der Waals surface area contributed by atoms with Crippen LogP contribution in [0.1, 0.15) is 33.1 Å². The topological polar surface area (TPSA) is 105 Å². The molecule has 0 aromatic heterocycles. The predicted octanol–water partition coefficient (Wildman–Crippen LogP) is 1.55. The van der Waals surface area contributed by atoms with Crippen LogP contribution >= 0.6 is 11.6 Å². The smallest absolute Gasteiger partial charge is 0.336 e. The Hall–Kier alpha value is -2.35. The van der Waals surface area contributed by atoms with Crippen LogP contribution in [-0.2, 0) is 38.1 Å². The van der Waals surface area contributed by atoms with E-state index >= 15 is 0 Å². The van der Waals surface area contributed by atoms with Crippen LogP contribution in [0.3, 0.4) is 0 Å². The highest BCUT2D eigenvalue weighted by atomic mass is 35.5. The summed E-state index contributed by atoms with van der Waals surface area (Å²) >= 11 is 6.26. The van der Waals surface area contributed by atoms with E-state index in [1.807, 2.05) is 0 Å². The van der Waals surface area contributed by atoms with Crippen molar-refractivity contribution in [3.63, 3.8) is 0 Å². The van der Waals surface area contributed by atoms with Gasteiger partial charge in [0.25, 0.3) is 0 Å². The first kappa shape index (κ1) is 20.0. The van der Waals surface area contributed by atoms with E-state index in [2.05, 4.69) is 9.47 Å². The molecule has 0 aliphatic carbocycles. The van der Waals surface area contributed by atoms with Crippen LogP contribution in [0.2, 0.25) is 0 Å². The maximum Gasteiger partial charge on any atom is 0.336 e. The highest BCUT2D eigenvalue weighted by Crippen LogP contribution is 2.42. The zero-order valence-corrected chi connectivity index (χ0v) is 15.6. The van der Waals surface area contributed by atoms with Gasteiger partial charge in [0, 0.05) is 12.0 Å². The third-order valence-electron chi connectivity index (χ3n) is 4.16. The van der Waals surface area contributed by atoms with E-state index in [0.29, 0.717) is 0 Å². The maximum atomic E-state index is 12.2. The number of rotatable bonds is 6. The fraction of sp³-hybridized carbons (Fsp3) is 0.529. The molecule has 0 N–H and O–H groups in total. The van der Waals surface area contributed by atoms with Crippen molar-refractivity contribution in [2.24, 2.45) is 0 Å². The second kappa shape index (κ2) is 7.11. The van der Waals surface area contributed by atoms with Crippen LogP contribution in [0.25, 0.3) is 0 Å². The lowest BCUT2D eigenvalue weighted by molar-refractivity contribution is -0.154. The molecule has 0 radical (unpaired) electrons. The van der Waals surface area contributed by atoms with Gasteiger partial charge >= 0.3 is 23.9 Å². The van der Waals surface area contributed by atoms with Crippen LogP contribution < -0.4 is 0 Å². The molecule has 0 saturated carbocycles. The highest BCUT2D eigenvalue weighted by molar-refractivity contribution is 6.34. The molecule has 0 aromatic rings. The van der Waals surface area contributed by atoms with Gasteiger partial charge in [0.15, 0.2) is 5.60 Å². The van der Waals surface area contributed by atoms with E-state index < -0.39 is 35.1 Å². The van der Waals surface area contributed by atoms with E-state index in [1.54, 1.807) is 6.92 Å². The summed E-state index contributed by atoms with van der Waals surface area (Å²) in [5.74, 6) is -2.52. The average molecular weight is 387 g/mol. The van der Waals surface area contributed by atoms with E-state index in [-0.39, 0.29) is 35.4 Å². The number of methoxy groups -OCH3 is 2. The zero-order chi connectivity index (χ0) is 19.7. The Morgan fingerprint density at radius 2 is 1.62 bits per heavy atom. The first-order valence-electron chi connectivity index (χ1n) is 7.75. The quantitative estimate of drug-likeness (QED) is 0.500. The molecule has 0 bridgehead atoms. The van der Waals surface area contributed by atoms with E-state index in [1.165, 1.54) is 27.2 Å². The van der Waals surface area contributed by atoms with Gasteiger partial charge in [0.1, 0.15) is 5.60 Å². The first-order valence-corrected chi connectivity index (χ1v) is 8.12. The van der Waals surface area contributed by atoms with Gasteiger partial charge in [0.2, 0.25) is 0 Å². The summed E-state index contributed by atoms with van der Waals surface area (Å²) in [7, 11) is 2.44. The molecule has 2 aliphatic heterocycles. The molecule has 0 amide bonds. The summed E-state index contributed by atoms with van der Waals surface area (Å²) in [6, 6.07) is 0. The maximum absolute atomic E-state index is 12.2. The van der Waals surface area contributed by atoms with Gasteiger partial charge in [-0.3, -0.25) is 9.59 Å². The fourth-order valence-electron chi connectivity index (χ4n) is 2.82. The van der Waals surface area contributed by atoms with Crippen molar-refractivity contribution in [3.8, 4) is 0 Å². The Kier molecular flexibility index (Phi) is 5.46. The van der Waals surface area contributed by atoms with Crippen LogP contribution in [0.5, 0.6) is 0 Å². The molecule has 2 rings (SSSR count). The normalized spacial score (nSPS) is 27.8. The molecule has 2 heterocycles. The van der Waals surface area contributed by atoms with Gasteiger partial charge in [0.05, 0.1) is 37.7 Å². The number of carbonyl (C=O) groups is 4. The van der Waals surface area contributed by atoms with Crippen LogP contribution in [0.4, 0.5) is 0 Å². The fourth-order valence-corrected chi connectivity index (χ4v) is 3.07. The summed E-state index contributed by atoms with van der Waals surface area (Å²) < 4.78 is 19.6. The van der Waals surface area contributed by atoms with Crippen molar-refractivity contribution in [3.05, 3.63) is 22.3 Å². The lowest BCUT2D eigenvalue weighted by Crippen LogP contribution is -2.30. The van der Waals surface area contributed by atoms with Crippen molar-refractivity contribution in [2.75, 3.05) is 14.2 Å². The van der Waals surface area contributed by atoms with Crippen molar-refractivity contribution in [2.45, 2.75) is 44.3 Å². The van der Waals surface area contributed by atoms with Crippen molar-refractivity contribution in [1.29, 1.82) is 0 Å². The molecule has 0 aromatic carbocycles. The van der Waals surface area contributed by atoms with Crippen molar-refractivity contribution < 1.29 is 38.1 Å². The summed E-state index contributed by atoms with van der Waals surface area (Å²) in [5.41, 5.74) is -2.28. The van der Waals surface area contributed by atoms with E-state index in [4.69, 9.17) is 21.1 Å². The SMILES string of the molecule is COC(=O)CC1(C)C=C(CC2=C(Cl)C(C)(CC(=O)OC)OC2=O)C(=O)O1. The molecule has 8 nitrogen and oxygen atoms in total. The van der Waals surface area contributed by atoms with E-state index in [0.717, 1.165) is 0 Å².